The van der Waals surface area contributed by atoms with Gasteiger partial charge in [-0.25, -0.2) is 0 Å². The molecule has 2 aromatic carbocycles. The van der Waals surface area contributed by atoms with Gasteiger partial charge in [-0.3, -0.25) is 0 Å². The molecule has 0 spiro atoms. The van der Waals surface area contributed by atoms with Crippen LogP contribution in [0.25, 0.3) is 10.8 Å². The van der Waals surface area contributed by atoms with Crippen molar-refractivity contribution >= 4 is 36.0 Å². The van der Waals surface area contributed by atoms with Gasteiger partial charge in [0.2, 0.25) is 0 Å². The van der Waals surface area contributed by atoms with E-state index >= 15 is 0 Å². The van der Waals surface area contributed by atoms with Gasteiger partial charge >= 0.3 is 0 Å². The Morgan fingerprint density at radius 1 is 0.846 bits per heavy atom. The van der Waals surface area contributed by atoms with Crippen LogP contribution in [0.15, 0.2) is 40.1 Å². The lowest BCUT2D eigenvalue weighted by atomic mass is 10.1. The SMILES string of the molecule is [CH2]c1ccc2c(S)ccc(S)c2c1. The van der Waals surface area contributed by atoms with Crippen LogP contribution < -0.4 is 0 Å². The molecule has 1 radical (unpaired) electrons. The summed E-state index contributed by atoms with van der Waals surface area (Å²) in [5.74, 6) is 0. The summed E-state index contributed by atoms with van der Waals surface area (Å²) >= 11 is 8.76. The number of thiol groups is 2. The van der Waals surface area contributed by atoms with Gasteiger partial charge in [-0.1, -0.05) is 12.1 Å². The Kier molecular flexibility index (Phi) is 2.26. The Hall–Kier alpha value is -0.600. The number of hydrogen-bond acceptors (Lipinski definition) is 2. The molecule has 0 atom stereocenters. The van der Waals surface area contributed by atoms with E-state index in [1.54, 1.807) is 0 Å². The van der Waals surface area contributed by atoms with E-state index in [-0.39, 0.29) is 0 Å². The topological polar surface area (TPSA) is 0 Å². The minimum atomic E-state index is 0.971. The second-order valence-corrected chi connectivity index (χ2v) is 3.95. The number of hydrogen-bond donors (Lipinski definition) is 2. The Labute approximate surface area is 88.8 Å². The Balaban J connectivity index is 2.92. The molecule has 2 heteroatoms. The van der Waals surface area contributed by atoms with Gasteiger partial charge in [0.05, 0.1) is 0 Å². The highest BCUT2D eigenvalue weighted by Crippen LogP contribution is 2.28. The van der Waals surface area contributed by atoms with Gasteiger partial charge < -0.3 is 0 Å². The van der Waals surface area contributed by atoms with Gasteiger partial charge in [-0.15, -0.1) is 25.3 Å². The van der Waals surface area contributed by atoms with Crippen LogP contribution in [0.5, 0.6) is 0 Å². The maximum absolute atomic E-state index is 4.38. The average Bonchev–Trinajstić information content (AvgIpc) is 2.12. The van der Waals surface area contributed by atoms with Gasteiger partial charge in [0.1, 0.15) is 0 Å². The standard InChI is InChI=1S/C11H9S2/c1-7-2-3-8-9(6-7)11(13)5-4-10(8)12/h2-6,12-13H,1H2. The smallest absolute Gasteiger partial charge is 0.0119 e. The first kappa shape index (κ1) is 8.97. The van der Waals surface area contributed by atoms with Crippen LogP contribution in [0.3, 0.4) is 0 Å². The normalized spacial score (nSPS) is 10.7. The van der Waals surface area contributed by atoms with Crippen LogP contribution in [0.4, 0.5) is 0 Å². The van der Waals surface area contributed by atoms with E-state index in [2.05, 4.69) is 32.2 Å². The zero-order chi connectivity index (χ0) is 9.42. The van der Waals surface area contributed by atoms with Crippen molar-refractivity contribution in [1.82, 2.24) is 0 Å². The molecule has 0 aliphatic rings. The maximum Gasteiger partial charge on any atom is 0.0119 e. The summed E-state index contributed by atoms with van der Waals surface area (Å²) < 4.78 is 0. The summed E-state index contributed by atoms with van der Waals surface area (Å²) in [5, 5.41) is 2.24. The first-order valence-corrected chi connectivity index (χ1v) is 4.84. The van der Waals surface area contributed by atoms with E-state index in [1.807, 2.05) is 30.3 Å². The van der Waals surface area contributed by atoms with Crippen LogP contribution >= 0.6 is 25.3 Å². The third kappa shape index (κ3) is 1.56. The molecule has 0 unspecified atom stereocenters. The van der Waals surface area contributed by atoms with E-state index < -0.39 is 0 Å². The maximum atomic E-state index is 4.38. The lowest BCUT2D eigenvalue weighted by molar-refractivity contribution is 1.45. The number of benzene rings is 2. The zero-order valence-electron chi connectivity index (χ0n) is 6.99. The van der Waals surface area contributed by atoms with Gasteiger partial charge in [0.15, 0.2) is 0 Å². The molecule has 0 aliphatic carbocycles. The molecule has 2 rings (SSSR count). The zero-order valence-corrected chi connectivity index (χ0v) is 8.78. The second-order valence-electron chi connectivity index (χ2n) is 2.98. The molecule has 0 saturated carbocycles. The average molecular weight is 205 g/mol. The molecule has 2 aromatic rings. The van der Waals surface area contributed by atoms with Gasteiger partial charge in [-0.2, -0.15) is 0 Å². The molecular weight excluding hydrogens is 196 g/mol. The lowest BCUT2D eigenvalue weighted by Gasteiger charge is -2.04. The summed E-state index contributed by atoms with van der Waals surface area (Å²) in [7, 11) is 0. The molecule has 65 valence electrons. The van der Waals surface area contributed by atoms with Crippen LogP contribution in [0.1, 0.15) is 5.56 Å². The van der Waals surface area contributed by atoms with Crippen LogP contribution in [-0.2, 0) is 0 Å². The lowest BCUT2D eigenvalue weighted by Crippen LogP contribution is -1.79. The van der Waals surface area contributed by atoms with E-state index in [1.165, 1.54) is 0 Å². The summed E-state index contributed by atoms with van der Waals surface area (Å²) in [4.78, 5) is 1.95. The fourth-order valence-electron chi connectivity index (χ4n) is 1.36. The fraction of sp³-hybridized carbons (Fsp3) is 0. The summed E-state index contributed by atoms with van der Waals surface area (Å²) in [6.45, 7) is 3.88. The number of rotatable bonds is 0. The minimum Gasteiger partial charge on any atom is -0.143 e. The third-order valence-electron chi connectivity index (χ3n) is 2.03. The predicted molar refractivity (Wildman–Crippen MR) is 62.9 cm³/mol. The van der Waals surface area contributed by atoms with Gasteiger partial charge in [-0.05, 0) is 41.5 Å². The Bertz CT molecular complexity index is 461. The molecule has 0 N–H and O–H groups in total. The van der Waals surface area contributed by atoms with E-state index in [0.717, 1.165) is 26.1 Å². The Morgan fingerprint density at radius 3 is 2.15 bits per heavy atom. The van der Waals surface area contributed by atoms with Crippen LogP contribution in [-0.4, -0.2) is 0 Å². The van der Waals surface area contributed by atoms with Crippen molar-refractivity contribution < 1.29 is 0 Å². The van der Waals surface area contributed by atoms with Crippen LogP contribution in [0.2, 0.25) is 0 Å². The molecule has 0 saturated heterocycles. The Morgan fingerprint density at radius 2 is 1.46 bits per heavy atom. The molecule has 0 heterocycles. The highest BCUT2D eigenvalue weighted by atomic mass is 32.1. The van der Waals surface area contributed by atoms with E-state index in [0.29, 0.717) is 0 Å². The van der Waals surface area contributed by atoms with Crippen molar-refractivity contribution in [2.45, 2.75) is 9.79 Å². The predicted octanol–water partition coefficient (Wildman–Crippen LogP) is 3.60. The number of fused-ring (bicyclic) bond motifs is 1. The first-order valence-electron chi connectivity index (χ1n) is 3.95. The summed E-state index contributed by atoms with van der Waals surface area (Å²) in [5.41, 5.74) is 1.00. The molecule has 0 fully saturated rings. The van der Waals surface area contributed by atoms with Crippen molar-refractivity contribution in [3.05, 3.63) is 42.8 Å². The highest BCUT2D eigenvalue weighted by molar-refractivity contribution is 7.81. The summed E-state index contributed by atoms with van der Waals surface area (Å²) in [6.07, 6.45) is 0. The van der Waals surface area contributed by atoms with Crippen molar-refractivity contribution in [2.75, 3.05) is 0 Å². The largest absolute Gasteiger partial charge is 0.143 e. The van der Waals surface area contributed by atoms with Crippen LogP contribution in [0, 0.1) is 6.92 Å². The fourth-order valence-corrected chi connectivity index (χ4v) is 1.89. The van der Waals surface area contributed by atoms with Gasteiger partial charge in [0, 0.05) is 9.79 Å². The monoisotopic (exact) mass is 205 g/mol. The summed E-state index contributed by atoms with van der Waals surface area (Å²) in [6, 6.07) is 9.94. The van der Waals surface area contributed by atoms with Crippen molar-refractivity contribution in [3.63, 3.8) is 0 Å². The second kappa shape index (κ2) is 3.28. The highest BCUT2D eigenvalue weighted by Gasteiger charge is 2.00. The van der Waals surface area contributed by atoms with Crippen molar-refractivity contribution in [1.29, 1.82) is 0 Å². The molecule has 0 aromatic heterocycles. The quantitative estimate of drug-likeness (QED) is 0.603. The molecule has 13 heavy (non-hydrogen) atoms. The van der Waals surface area contributed by atoms with Crippen molar-refractivity contribution in [2.24, 2.45) is 0 Å². The molecule has 0 nitrogen and oxygen atoms in total. The van der Waals surface area contributed by atoms with E-state index in [4.69, 9.17) is 0 Å². The van der Waals surface area contributed by atoms with Crippen molar-refractivity contribution in [3.8, 4) is 0 Å². The molecule has 0 amide bonds. The molecule has 0 aliphatic heterocycles. The first-order chi connectivity index (χ1) is 6.18. The molecule has 0 bridgehead atoms. The van der Waals surface area contributed by atoms with E-state index in [9.17, 15) is 0 Å². The minimum absolute atomic E-state index is 0.971. The third-order valence-corrected chi connectivity index (χ3v) is 2.81. The molecular formula is C11H9S2. The van der Waals surface area contributed by atoms with Gasteiger partial charge in [0.25, 0.3) is 0 Å².